The lowest BCUT2D eigenvalue weighted by Gasteiger charge is -2.48. The van der Waals surface area contributed by atoms with Crippen LogP contribution in [0.3, 0.4) is 0 Å². The zero-order valence-electron chi connectivity index (χ0n) is 36.3. The third-order valence-corrected chi connectivity index (χ3v) is 17.2. The average Bonchev–Trinajstić information content (AvgIpc) is 3.96. The van der Waals surface area contributed by atoms with Crippen LogP contribution in [0.1, 0.15) is 167 Å². The van der Waals surface area contributed by atoms with Gasteiger partial charge >= 0.3 is 0 Å². The van der Waals surface area contributed by atoms with Crippen LogP contribution < -0.4 is 10.6 Å². The number of hydrogen-bond acceptors (Lipinski definition) is 10. The highest BCUT2D eigenvalue weighted by Gasteiger charge is 2.79. The highest BCUT2D eigenvalue weighted by molar-refractivity contribution is 5.27. The first-order valence-corrected chi connectivity index (χ1v) is 25.1. The van der Waals surface area contributed by atoms with Crippen molar-refractivity contribution in [1.29, 1.82) is 0 Å². The number of aliphatic hydroxyl groups excluding tert-OH is 6. The third kappa shape index (κ3) is 10.3. The summed E-state index contributed by atoms with van der Waals surface area (Å²) in [6, 6.07) is 0.249. The predicted octanol–water partition coefficient (Wildman–Crippen LogP) is 6.41. The summed E-state index contributed by atoms with van der Waals surface area (Å²) in [5.41, 5.74) is 0. The summed E-state index contributed by atoms with van der Waals surface area (Å²) in [5.74, 6) is 9.89. The molecule has 7 aliphatic rings. The maximum atomic E-state index is 11.5. The van der Waals surface area contributed by atoms with E-state index in [2.05, 4.69) is 17.6 Å². The van der Waals surface area contributed by atoms with E-state index in [0.717, 1.165) is 74.2 Å². The van der Waals surface area contributed by atoms with Crippen LogP contribution in [-0.2, 0) is 9.47 Å². The molecule has 336 valence electrons. The van der Waals surface area contributed by atoms with Crippen molar-refractivity contribution in [2.75, 3.05) is 19.8 Å². The lowest BCUT2D eigenvalue weighted by molar-refractivity contribution is -0.305. The van der Waals surface area contributed by atoms with Gasteiger partial charge in [0, 0.05) is 18.5 Å². The van der Waals surface area contributed by atoms with Crippen LogP contribution in [0.25, 0.3) is 0 Å². The van der Waals surface area contributed by atoms with Crippen LogP contribution >= 0.6 is 0 Å². The van der Waals surface area contributed by atoms with E-state index in [-0.39, 0.29) is 18.8 Å². The SMILES string of the molecule is CCCCCCCCCCCCCC[C@@H](O)[C@@H](O)[C@H](COC1OC(CO)C(O)C(O)C1O)C1NCC(CCCCCCCCCCC2C3C4CC5C6C4CC3C6C25)N1. The van der Waals surface area contributed by atoms with Crippen molar-refractivity contribution in [2.24, 2.45) is 59.2 Å². The fourth-order valence-electron chi connectivity index (χ4n) is 14.4. The normalized spacial score (nSPS) is 40.8. The number of rotatable bonds is 31. The van der Waals surface area contributed by atoms with Crippen LogP contribution in [0, 0.1) is 59.2 Å². The first-order chi connectivity index (χ1) is 28.3. The fourth-order valence-corrected chi connectivity index (χ4v) is 14.4. The summed E-state index contributed by atoms with van der Waals surface area (Å²) in [5, 5.41) is 70.7. The molecule has 58 heavy (non-hydrogen) atoms. The van der Waals surface area contributed by atoms with Crippen LogP contribution in [0.4, 0.5) is 0 Å². The Morgan fingerprint density at radius 3 is 1.83 bits per heavy atom. The van der Waals surface area contributed by atoms with E-state index in [1.165, 1.54) is 127 Å². The van der Waals surface area contributed by atoms with Crippen molar-refractivity contribution in [1.82, 2.24) is 10.6 Å². The van der Waals surface area contributed by atoms with E-state index in [1.54, 1.807) is 12.8 Å². The monoisotopic (exact) mass is 819 g/mol. The summed E-state index contributed by atoms with van der Waals surface area (Å²) in [7, 11) is 0. The summed E-state index contributed by atoms with van der Waals surface area (Å²) in [4.78, 5) is 0. The van der Waals surface area contributed by atoms with Gasteiger partial charge in [-0.3, -0.25) is 10.6 Å². The molecule has 5 saturated carbocycles. The quantitative estimate of drug-likeness (QED) is 0.0367. The van der Waals surface area contributed by atoms with Crippen LogP contribution in [0.2, 0.25) is 0 Å². The van der Waals surface area contributed by atoms with Crippen LogP contribution in [0.15, 0.2) is 0 Å². The minimum Gasteiger partial charge on any atom is -0.394 e. The van der Waals surface area contributed by atoms with Gasteiger partial charge in [0.25, 0.3) is 0 Å². The van der Waals surface area contributed by atoms with Crippen LogP contribution in [0.5, 0.6) is 0 Å². The Morgan fingerprint density at radius 1 is 0.621 bits per heavy atom. The molecule has 19 atom stereocenters. The summed E-state index contributed by atoms with van der Waals surface area (Å²) in [6.45, 7) is 2.42. The van der Waals surface area contributed by atoms with Gasteiger partial charge in [-0.05, 0) is 85.4 Å². The average molecular weight is 819 g/mol. The molecule has 8 N–H and O–H groups in total. The van der Waals surface area contributed by atoms with Crippen molar-refractivity contribution in [3.8, 4) is 0 Å². The molecule has 7 rings (SSSR count). The first kappa shape index (κ1) is 45.6. The molecule has 2 bridgehead atoms. The molecule has 0 aromatic carbocycles. The number of nitrogens with one attached hydrogen (secondary N) is 2. The van der Waals surface area contributed by atoms with Gasteiger partial charge < -0.3 is 40.1 Å². The molecule has 0 aromatic heterocycles. The maximum Gasteiger partial charge on any atom is 0.186 e. The molecule has 10 heteroatoms. The second kappa shape index (κ2) is 22.3. The van der Waals surface area contributed by atoms with Crippen LogP contribution in [-0.4, -0.2) is 106 Å². The van der Waals surface area contributed by atoms with E-state index in [9.17, 15) is 30.6 Å². The number of fused-ring (bicyclic) bond motifs is 2. The highest BCUT2D eigenvalue weighted by atomic mass is 16.7. The zero-order valence-corrected chi connectivity index (χ0v) is 36.3. The lowest BCUT2D eigenvalue weighted by Crippen LogP contribution is -2.60. The Kier molecular flexibility index (Phi) is 17.5. The van der Waals surface area contributed by atoms with E-state index in [0.29, 0.717) is 6.42 Å². The van der Waals surface area contributed by atoms with Gasteiger partial charge in [0.1, 0.15) is 24.4 Å². The van der Waals surface area contributed by atoms with Gasteiger partial charge in [0.15, 0.2) is 6.29 Å². The molecule has 2 heterocycles. The molecule has 16 unspecified atom stereocenters. The Balaban J connectivity index is 0.765. The molecular formula is C48H86N2O8. The van der Waals surface area contributed by atoms with Crippen molar-refractivity contribution < 1.29 is 40.1 Å². The topological polar surface area (TPSA) is 164 Å². The second-order valence-corrected chi connectivity index (χ2v) is 20.7. The van der Waals surface area contributed by atoms with E-state index in [4.69, 9.17) is 9.47 Å². The molecule has 2 saturated heterocycles. The van der Waals surface area contributed by atoms with Gasteiger partial charge in [-0.2, -0.15) is 0 Å². The van der Waals surface area contributed by atoms with Gasteiger partial charge in [0.05, 0.1) is 31.6 Å². The van der Waals surface area contributed by atoms with Gasteiger partial charge in [0.2, 0.25) is 0 Å². The Hall–Kier alpha value is -0.400. The van der Waals surface area contributed by atoms with Gasteiger partial charge in [-0.15, -0.1) is 0 Å². The third-order valence-electron chi connectivity index (χ3n) is 17.2. The van der Waals surface area contributed by atoms with Gasteiger partial charge in [-0.25, -0.2) is 0 Å². The molecule has 7 fully saturated rings. The Morgan fingerprint density at radius 2 is 1.19 bits per heavy atom. The minimum absolute atomic E-state index is 0.0540. The second-order valence-electron chi connectivity index (χ2n) is 20.7. The summed E-state index contributed by atoms with van der Waals surface area (Å²) in [6.07, 6.45) is 22.5. The van der Waals surface area contributed by atoms with Gasteiger partial charge in [-0.1, -0.05) is 135 Å². The highest BCUT2D eigenvalue weighted by Crippen LogP contribution is 2.84. The molecule has 5 aliphatic carbocycles. The standard InChI is InChI=1S/C48H86N2O8/c1-2-3-4-5-6-7-8-9-10-15-18-21-24-37(52)43(53)36(29-57-48-46(56)45(55)44(54)38(28-51)58-48)47-49-27-30(50-47)22-19-16-13-11-12-14-17-20-23-31-39-32-25-35-40(31)42-34(39)26-33(32)41(35)42/h30-56H,2-29H2,1H3/t30?,31?,32?,33?,34?,35?,36-,37+,38?,39?,40?,41?,42?,43-,44?,45?,46?,47?,48?/m0/s1. The first-order valence-electron chi connectivity index (χ1n) is 25.1. The van der Waals surface area contributed by atoms with E-state index < -0.39 is 55.4 Å². The Bertz CT molecular complexity index is 1190. The van der Waals surface area contributed by atoms with E-state index >= 15 is 0 Å². The Labute approximate surface area is 351 Å². The molecule has 0 radical (unpaired) electrons. The zero-order chi connectivity index (χ0) is 40.6. The number of hydrogen-bond donors (Lipinski definition) is 8. The van der Waals surface area contributed by atoms with Crippen molar-refractivity contribution >= 4 is 0 Å². The largest absolute Gasteiger partial charge is 0.394 e. The molecule has 0 spiro atoms. The molecule has 10 nitrogen and oxygen atoms in total. The van der Waals surface area contributed by atoms with Crippen molar-refractivity contribution in [3.05, 3.63) is 0 Å². The molecular weight excluding hydrogens is 733 g/mol. The van der Waals surface area contributed by atoms with Crippen molar-refractivity contribution in [2.45, 2.75) is 223 Å². The predicted molar refractivity (Wildman–Crippen MR) is 226 cm³/mol. The minimum atomic E-state index is -1.54. The smallest absolute Gasteiger partial charge is 0.186 e. The lowest BCUT2D eigenvalue weighted by atomic mass is 9.57. The van der Waals surface area contributed by atoms with E-state index in [1.807, 2.05) is 0 Å². The fraction of sp³-hybridized carbons (Fsp3) is 1.00. The number of unbranched alkanes of at least 4 members (excludes halogenated alkanes) is 18. The number of aliphatic hydroxyl groups is 6. The summed E-state index contributed by atoms with van der Waals surface area (Å²) < 4.78 is 11.6. The summed E-state index contributed by atoms with van der Waals surface area (Å²) >= 11 is 0. The molecule has 0 amide bonds. The maximum absolute atomic E-state index is 11.5. The number of ether oxygens (including phenoxy) is 2. The molecule has 2 aliphatic heterocycles. The van der Waals surface area contributed by atoms with Crippen molar-refractivity contribution in [3.63, 3.8) is 0 Å². The molecule has 0 aromatic rings.